The van der Waals surface area contributed by atoms with Gasteiger partial charge in [-0.15, -0.1) is 0 Å². The molecule has 7 nitrogen and oxygen atoms in total. The van der Waals surface area contributed by atoms with Gasteiger partial charge in [0.15, 0.2) is 6.10 Å². The molecule has 0 fully saturated rings. The van der Waals surface area contributed by atoms with E-state index in [1.807, 2.05) is 13.8 Å². The van der Waals surface area contributed by atoms with Crippen LogP contribution in [-0.4, -0.2) is 34.3 Å². The minimum absolute atomic E-state index is 0.115. The average molecular weight is 345 g/mol. The molecule has 2 rings (SSSR count). The molecule has 25 heavy (non-hydrogen) atoms. The summed E-state index contributed by atoms with van der Waals surface area (Å²) < 4.78 is 6.39. The number of aryl methyl sites for hydroxylation is 1. The molecule has 0 bridgehead atoms. The number of hydrogen-bond donors (Lipinski definition) is 1. The third-order valence-electron chi connectivity index (χ3n) is 3.71. The first-order valence-corrected chi connectivity index (χ1v) is 8.21. The van der Waals surface area contributed by atoms with E-state index >= 15 is 0 Å². The van der Waals surface area contributed by atoms with Crippen molar-refractivity contribution in [3.8, 4) is 0 Å². The van der Waals surface area contributed by atoms with Crippen molar-refractivity contribution in [2.45, 2.75) is 33.3 Å². The molecule has 0 unspecified atom stereocenters. The van der Waals surface area contributed by atoms with Crippen LogP contribution in [0.25, 0.3) is 10.8 Å². The third-order valence-corrected chi connectivity index (χ3v) is 3.71. The van der Waals surface area contributed by atoms with Gasteiger partial charge in [-0.1, -0.05) is 32.0 Å². The van der Waals surface area contributed by atoms with Crippen molar-refractivity contribution in [1.82, 2.24) is 15.1 Å². The lowest BCUT2D eigenvalue weighted by atomic mass is 10.1. The highest BCUT2D eigenvalue weighted by Gasteiger charge is 2.19. The maximum Gasteiger partial charge on any atom is 0.312 e. The number of ether oxygens (including phenoxy) is 1. The molecule has 0 aliphatic heterocycles. The number of nitrogens with zero attached hydrogens (tertiary/aromatic N) is 2. The zero-order valence-corrected chi connectivity index (χ0v) is 14.9. The Bertz CT molecular complexity index is 842. The summed E-state index contributed by atoms with van der Waals surface area (Å²) >= 11 is 0. The number of benzene rings is 1. The van der Waals surface area contributed by atoms with E-state index in [-0.39, 0.29) is 17.9 Å². The summed E-state index contributed by atoms with van der Waals surface area (Å²) in [5.41, 5.74) is 0.214. The zero-order chi connectivity index (χ0) is 18.6. The molecule has 1 aromatic carbocycles. The molecule has 0 saturated carbocycles. The number of hydrogen-bond acceptors (Lipinski definition) is 5. The fourth-order valence-corrected chi connectivity index (χ4v) is 2.38. The van der Waals surface area contributed by atoms with Gasteiger partial charge in [0, 0.05) is 19.0 Å². The number of rotatable bonds is 6. The predicted molar refractivity (Wildman–Crippen MR) is 94.1 cm³/mol. The lowest BCUT2D eigenvalue weighted by molar-refractivity contribution is -0.154. The number of esters is 1. The lowest BCUT2D eigenvalue weighted by Gasteiger charge is -2.15. The molecule has 0 saturated heterocycles. The van der Waals surface area contributed by atoms with Gasteiger partial charge in [-0.3, -0.25) is 14.4 Å². The van der Waals surface area contributed by atoms with Crippen LogP contribution in [0.1, 0.15) is 26.5 Å². The quantitative estimate of drug-likeness (QED) is 0.794. The topological polar surface area (TPSA) is 90.3 Å². The maximum absolute atomic E-state index is 12.2. The van der Waals surface area contributed by atoms with Gasteiger partial charge in [0.05, 0.1) is 17.5 Å². The van der Waals surface area contributed by atoms with Crippen LogP contribution in [0.3, 0.4) is 0 Å². The Morgan fingerprint density at radius 2 is 1.84 bits per heavy atom. The first kappa shape index (κ1) is 18.6. The first-order valence-electron chi connectivity index (χ1n) is 8.21. The average Bonchev–Trinajstić information content (AvgIpc) is 2.57. The maximum atomic E-state index is 12.2. The van der Waals surface area contributed by atoms with Crippen LogP contribution in [-0.2, 0) is 27.8 Å². The number of fused-ring (bicyclic) bond motifs is 1. The number of nitrogens with one attached hydrogen (secondary N) is 1. The summed E-state index contributed by atoms with van der Waals surface area (Å²) in [7, 11) is 1.53. The van der Waals surface area contributed by atoms with Crippen LogP contribution in [0.2, 0.25) is 0 Å². The van der Waals surface area contributed by atoms with E-state index in [1.54, 1.807) is 24.3 Å². The van der Waals surface area contributed by atoms with Gasteiger partial charge < -0.3 is 10.1 Å². The molecule has 1 atom stereocenters. The molecular weight excluding hydrogens is 322 g/mol. The van der Waals surface area contributed by atoms with Crippen LogP contribution < -0.4 is 10.9 Å². The highest BCUT2D eigenvalue weighted by molar-refractivity contribution is 5.88. The third kappa shape index (κ3) is 4.65. The molecule has 1 amide bonds. The molecule has 7 heteroatoms. The van der Waals surface area contributed by atoms with Crippen molar-refractivity contribution in [2.75, 3.05) is 6.54 Å². The zero-order valence-electron chi connectivity index (χ0n) is 14.9. The minimum atomic E-state index is -0.884. The van der Waals surface area contributed by atoms with Crippen molar-refractivity contribution in [3.05, 3.63) is 40.3 Å². The van der Waals surface area contributed by atoms with Crippen molar-refractivity contribution in [3.63, 3.8) is 0 Å². The van der Waals surface area contributed by atoms with Gasteiger partial charge in [0.2, 0.25) is 0 Å². The Labute approximate surface area is 146 Å². The molecule has 2 aromatic rings. The SMILES string of the molecule is CC(C)CNC(=O)[C@@H](C)OC(=O)Cc1nn(C)c(=O)c2ccccc12. The van der Waals surface area contributed by atoms with Gasteiger partial charge in [-0.25, -0.2) is 4.68 Å². The normalized spacial score (nSPS) is 12.2. The molecule has 0 spiro atoms. The molecule has 0 aliphatic carbocycles. The highest BCUT2D eigenvalue weighted by Crippen LogP contribution is 2.14. The summed E-state index contributed by atoms with van der Waals surface area (Å²) in [6.07, 6.45) is -0.999. The summed E-state index contributed by atoms with van der Waals surface area (Å²) in [5.74, 6) is -0.586. The second-order valence-electron chi connectivity index (χ2n) is 6.37. The predicted octanol–water partition coefficient (Wildman–Crippen LogP) is 1.18. The second-order valence-corrected chi connectivity index (χ2v) is 6.37. The van der Waals surface area contributed by atoms with Crippen molar-refractivity contribution in [1.29, 1.82) is 0 Å². The van der Waals surface area contributed by atoms with Crippen LogP contribution in [0.4, 0.5) is 0 Å². The molecule has 1 heterocycles. The Morgan fingerprint density at radius 1 is 1.20 bits per heavy atom. The first-order chi connectivity index (χ1) is 11.8. The van der Waals surface area contributed by atoms with E-state index in [1.165, 1.54) is 18.7 Å². The monoisotopic (exact) mass is 345 g/mol. The van der Waals surface area contributed by atoms with E-state index in [0.29, 0.717) is 28.9 Å². The van der Waals surface area contributed by atoms with Crippen LogP contribution >= 0.6 is 0 Å². The fraction of sp³-hybridized carbons (Fsp3) is 0.444. The van der Waals surface area contributed by atoms with E-state index in [9.17, 15) is 14.4 Å². The number of carbonyl (C=O) groups is 2. The summed E-state index contributed by atoms with van der Waals surface area (Å²) in [4.78, 5) is 36.2. The number of aromatic nitrogens is 2. The van der Waals surface area contributed by atoms with Crippen molar-refractivity contribution in [2.24, 2.45) is 13.0 Å². The van der Waals surface area contributed by atoms with E-state index in [4.69, 9.17) is 4.74 Å². The smallest absolute Gasteiger partial charge is 0.312 e. The van der Waals surface area contributed by atoms with E-state index in [2.05, 4.69) is 10.4 Å². The Balaban J connectivity index is 2.11. The molecule has 0 radical (unpaired) electrons. The number of carbonyl (C=O) groups excluding carboxylic acids is 2. The molecule has 1 aromatic heterocycles. The summed E-state index contributed by atoms with van der Waals surface area (Å²) in [6, 6.07) is 6.97. The van der Waals surface area contributed by atoms with E-state index < -0.39 is 12.1 Å². The van der Waals surface area contributed by atoms with E-state index in [0.717, 1.165) is 0 Å². The molecule has 134 valence electrons. The summed E-state index contributed by atoms with van der Waals surface area (Å²) in [5, 5.41) is 7.98. The van der Waals surface area contributed by atoms with Gasteiger partial charge >= 0.3 is 5.97 Å². The Hall–Kier alpha value is -2.70. The molecule has 0 aliphatic rings. The minimum Gasteiger partial charge on any atom is -0.452 e. The largest absolute Gasteiger partial charge is 0.452 e. The van der Waals surface area contributed by atoms with Gasteiger partial charge in [-0.05, 0) is 18.9 Å². The van der Waals surface area contributed by atoms with Crippen LogP contribution in [0.15, 0.2) is 29.1 Å². The summed E-state index contributed by atoms with van der Waals surface area (Å²) in [6.45, 7) is 6.01. The molecule has 1 N–H and O–H groups in total. The fourth-order valence-electron chi connectivity index (χ4n) is 2.38. The molecular formula is C18H23N3O4. The second kappa shape index (κ2) is 7.92. The van der Waals surface area contributed by atoms with Gasteiger partial charge in [0.25, 0.3) is 11.5 Å². The number of amides is 1. The standard InChI is InChI=1S/C18H23N3O4/c1-11(2)10-19-17(23)12(3)25-16(22)9-15-13-7-5-6-8-14(13)18(24)21(4)20-15/h5-8,11-12H,9-10H2,1-4H3,(H,19,23)/t12-/m1/s1. The highest BCUT2D eigenvalue weighted by atomic mass is 16.5. The Morgan fingerprint density at radius 3 is 2.48 bits per heavy atom. The van der Waals surface area contributed by atoms with Crippen LogP contribution in [0, 0.1) is 5.92 Å². The van der Waals surface area contributed by atoms with Gasteiger partial charge in [0.1, 0.15) is 0 Å². The van der Waals surface area contributed by atoms with Crippen molar-refractivity contribution < 1.29 is 14.3 Å². The Kier molecular flexibility index (Phi) is 5.90. The van der Waals surface area contributed by atoms with Crippen LogP contribution in [0.5, 0.6) is 0 Å². The van der Waals surface area contributed by atoms with Crippen molar-refractivity contribution >= 4 is 22.6 Å². The lowest BCUT2D eigenvalue weighted by Crippen LogP contribution is -2.38. The van der Waals surface area contributed by atoms with Gasteiger partial charge in [-0.2, -0.15) is 5.10 Å².